The molecule has 1 nitrogen and oxygen atoms in total. The van der Waals surface area contributed by atoms with Gasteiger partial charge in [-0.25, -0.2) is 17.6 Å². The Morgan fingerprint density at radius 2 is 1.49 bits per heavy atom. The molecule has 3 aromatic rings. The van der Waals surface area contributed by atoms with Crippen molar-refractivity contribution in [3.63, 3.8) is 0 Å². The molecule has 0 unspecified atom stereocenters. The molecule has 1 aliphatic rings. The first kappa shape index (κ1) is 25.2. The van der Waals surface area contributed by atoms with Gasteiger partial charge in [-0.05, 0) is 48.3 Å². The van der Waals surface area contributed by atoms with E-state index in [1.807, 2.05) is 0 Å². The number of ether oxygens (including phenoxy) is 1. The fourth-order valence-corrected chi connectivity index (χ4v) is 4.69. The summed E-state index contributed by atoms with van der Waals surface area (Å²) in [7, 11) is 0. The molecule has 3 aromatic carbocycles. The highest BCUT2D eigenvalue weighted by Gasteiger charge is 2.25. The highest BCUT2D eigenvalue weighted by atomic mass is 19.2. The smallest absolute Gasteiger partial charge is 0.166 e. The second-order valence-electron chi connectivity index (χ2n) is 9.32. The third-order valence-corrected chi connectivity index (χ3v) is 6.90. The molecule has 1 aliphatic carbocycles. The lowest BCUT2D eigenvalue weighted by Gasteiger charge is -2.27. The monoisotopic (exact) mass is 482 g/mol. The number of hydrogen-bond donors (Lipinski definition) is 0. The first-order valence-corrected chi connectivity index (χ1v) is 12.2. The molecule has 0 spiro atoms. The zero-order valence-electron chi connectivity index (χ0n) is 20.1. The second kappa shape index (κ2) is 11.2. The summed E-state index contributed by atoms with van der Waals surface area (Å²) in [5.74, 6) is -2.72. The van der Waals surface area contributed by atoms with E-state index >= 15 is 0 Å². The zero-order chi connectivity index (χ0) is 24.9. The molecule has 0 N–H and O–H groups in total. The van der Waals surface area contributed by atoms with Gasteiger partial charge in [-0.15, -0.1) is 0 Å². The summed E-state index contributed by atoms with van der Waals surface area (Å²) in [5.41, 5.74) is 2.25. The van der Waals surface area contributed by atoms with Crippen LogP contribution in [0.15, 0.2) is 48.5 Å². The Labute approximate surface area is 204 Å². The summed E-state index contributed by atoms with van der Waals surface area (Å²) in [4.78, 5) is 0. The molecule has 0 saturated heterocycles. The Morgan fingerprint density at radius 3 is 2.17 bits per heavy atom. The highest BCUT2D eigenvalue weighted by molar-refractivity contribution is 5.72. The Hall–Kier alpha value is -2.92. The predicted octanol–water partition coefficient (Wildman–Crippen LogP) is 8.91. The number of halogens is 4. The minimum absolute atomic E-state index is 0.0166. The van der Waals surface area contributed by atoms with Crippen molar-refractivity contribution in [2.45, 2.75) is 52.1 Å². The fourth-order valence-electron chi connectivity index (χ4n) is 4.69. The van der Waals surface area contributed by atoms with Crippen molar-refractivity contribution in [1.82, 2.24) is 0 Å². The molecule has 1 fully saturated rings. The largest absolute Gasteiger partial charge is 0.377 e. The maximum absolute atomic E-state index is 15.0. The highest BCUT2D eigenvalue weighted by Crippen LogP contribution is 2.38. The molecule has 1 saturated carbocycles. The van der Waals surface area contributed by atoms with Gasteiger partial charge < -0.3 is 4.74 Å². The zero-order valence-corrected chi connectivity index (χ0v) is 20.1. The Balaban J connectivity index is 1.50. The molecular formula is C30H30F4O. The van der Waals surface area contributed by atoms with Crippen LogP contribution in [0.4, 0.5) is 17.6 Å². The Bertz CT molecular complexity index is 1190. The van der Waals surface area contributed by atoms with Gasteiger partial charge in [-0.2, -0.15) is 0 Å². The predicted molar refractivity (Wildman–Crippen MR) is 133 cm³/mol. The summed E-state index contributed by atoms with van der Waals surface area (Å²) < 4.78 is 63.7. The van der Waals surface area contributed by atoms with E-state index in [2.05, 4.69) is 6.92 Å². The minimum Gasteiger partial charge on any atom is -0.377 e. The Kier molecular flexibility index (Phi) is 8.07. The summed E-state index contributed by atoms with van der Waals surface area (Å²) in [6.07, 6.45) is 6.98. The summed E-state index contributed by atoms with van der Waals surface area (Å²) in [6.45, 7) is 4.42. The quantitative estimate of drug-likeness (QED) is 0.241. The van der Waals surface area contributed by atoms with Crippen molar-refractivity contribution in [3.8, 4) is 11.1 Å². The Morgan fingerprint density at radius 1 is 0.771 bits per heavy atom. The van der Waals surface area contributed by atoms with Crippen LogP contribution in [0.3, 0.4) is 0 Å². The maximum atomic E-state index is 15.0. The minimum atomic E-state index is -0.930. The molecule has 5 heteroatoms. The van der Waals surface area contributed by atoms with Gasteiger partial charge in [-0.3, -0.25) is 0 Å². The molecule has 4 rings (SSSR count). The molecular weight excluding hydrogens is 452 g/mol. The van der Waals surface area contributed by atoms with Gasteiger partial charge in [0, 0.05) is 23.3 Å². The second-order valence-corrected chi connectivity index (χ2v) is 9.32. The average Bonchev–Trinajstić information content (AvgIpc) is 2.87. The van der Waals surface area contributed by atoms with E-state index in [0.717, 1.165) is 31.2 Å². The fraction of sp³-hybridized carbons (Fsp3) is 0.333. The van der Waals surface area contributed by atoms with Crippen molar-refractivity contribution >= 4 is 12.2 Å². The molecule has 0 aromatic heterocycles. The topological polar surface area (TPSA) is 9.23 Å². The van der Waals surface area contributed by atoms with E-state index in [9.17, 15) is 17.6 Å². The third-order valence-electron chi connectivity index (χ3n) is 6.90. The van der Waals surface area contributed by atoms with Crippen LogP contribution in [0.1, 0.15) is 67.7 Å². The van der Waals surface area contributed by atoms with Gasteiger partial charge in [-0.1, -0.05) is 80.4 Å². The average molecular weight is 483 g/mol. The summed E-state index contributed by atoms with van der Waals surface area (Å²) >= 11 is 0. The standard InChI is InChI=1S/C30H30F4O/c1-3-35-18-24-15-14-23(27(31)28(24)32)13-8-20-6-11-22(12-7-20)26-17-16-25(29(33)30(26)34)21-9-4-19(2)5-10-21/h6-8,11-17,19,21H,3-5,9-10,18H2,1-2H3/b13-8+. The molecule has 184 valence electrons. The SMILES string of the molecule is CCOCc1ccc(/C=C/c2ccc(-c3ccc(C4CCC(C)CC4)c(F)c3F)cc2)c(F)c1F. The van der Waals surface area contributed by atoms with Crippen LogP contribution < -0.4 is 0 Å². The molecule has 0 atom stereocenters. The summed E-state index contributed by atoms with van der Waals surface area (Å²) in [5, 5.41) is 0. The van der Waals surface area contributed by atoms with E-state index in [1.165, 1.54) is 18.2 Å². The lowest BCUT2D eigenvalue weighted by atomic mass is 9.79. The van der Waals surface area contributed by atoms with Crippen LogP contribution in [0, 0.1) is 29.2 Å². The lowest BCUT2D eigenvalue weighted by Crippen LogP contribution is -2.13. The van der Waals surface area contributed by atoms with E-state index in [4.69, 9.17) is 4.74 Å². The van der Waals surface area contributed by atoms with E-state index in [-0.39, 0.29) is 29.2 Å². The molecule has 0 bridgehead atoms. The summed E-state index contributed by atoms with van der Waals surface area (Å²) in [6, 6.07) is 13.2. The van der Waals surface area contributed by atoms with Gasteiger partial charge in [0.05, 0.1) is 6.61 Å². The van der Waals surface area contributed by atoms with Crippen molar-refractivity contribution in [2.24, 2.45) is 5.92 Å². The van der Waals surface area contributed by atoms with Crippen LogP contribution >= 0.6 is 0 Å². The number of rotatable bonds is 7. The van der Waals surface area contributed by atoms with Crippen LogP contribution in [0.2, 0.25) is 0 Å². The third kappa shape index (κ3) is 5.67. The molecule has 35 heavy (non-hydrogen) atoms. The van der Waals surface area contributed by atoms with Crippen molar-refractivity contribution in [2.75, 3.05) is 6.61 Å². The van der Waals surface area contributed by atoms with Gasteiger partial charge in [0.15, 0.2) is 23.3 Å². The molecule has 0 amide bonds. The normalized spacial score (nSPS) is 18.3. The van der Waals surface area contributed by atoms with E-state index < -0.39 is 23.3 Å². The van der Waals surface area contributed by atoms with Gasteiger partial charge >= 0.3 is 0 Å². The molecule has 0 heterocycles. The van der Waals surface area contributed by atoms with Crippen LogP contribution in [0.25, 0.3) is 23.3 Å². The first-order valence-electron chi connectivity index (χ1n) is 12.2. The molecule has 0 aliphatic heterocycles. The maximum Gasteiger partial charge on any atom is 0.166 e. The van der Waals surface area contributed by atoms with E-state index in [0.29, 0.717) is 23.7 Å². The van der Waals surface area contributed by atoms with E-state index in [1.54, 1.807) is 49.4 Å². The van der Waals surface area contributed by atoms with Crippen molar-refractivity contribution < 1.29 is 22.3 Å². The van der Waals surface area contributed by atoms with Crippen molar-refractivity contribution in [3.05, 3.63) is 94.1 Å². The molecule has 0 radical (unpaired) electrons. The van der Waals surface area contributed by atoms with Crippen LogP contribution in [-0.4, -0.2) is 6.61 Å². The van der Waals surface area contributed by atoms with Gasteiger partial charge in [0.25, 0.3) is 0 Å². The van der Waals surface area contributed by atoms with Gasteiger partial charge in [0.2, 0.25) is 0 Å². The van der Waals surface area contributed by atoms with Crippen LogP contribution in [0.5, 0.6) is 0 Å². The van der Waals surface area contributed by atoms with Gasteiger partial charge in [0.1, 0.15) is 0 Å². The lowest BCUT2D eigenvalue weighted by molar-refractivity contribution is 0.131. The number of hydrogen-bond acceptors (Lipinski definition) is 1. The first-order chi connectivity index (χ1) is 16.9. The number of benzene rings is 3. The van der Waals surface area contributed by atoms with Crippen molar-refractivity contribution in [1.29, 1.82) is 0 Å². The van der Waals surface area contributed by atoms with Crippen LogP contribution in [-0.2, 0) is 11.3 Å².